The van der Waals surface area contributed by atoms with Gasteiger partial charge in [-0.05, 0) is 30.3 Å². The van der Waals surface area contributed by atoms with Crippen molar-refractivity contribution in [1.82, 2.24) is 20.0 Å². The van der Waals surface area contributed by atoms with Crippen molar-refractivity contribution in [3.63, 3.8) is 0 Å². The van der Waals surface area contributed by atoms with Crippen LogP contribution in [0.15, 0.2) is 48.1 Å². The average Bonchev–Trinajstić information content (AvgIpc) is 3.54. The van der Waals surface area contributed by atoms with E-state index in [-0.39, 0.29) is 17.4 Å². The molecule has 0 spiro atoms. The lowest BCUT2D eigenvalue weighted by molar-refractivity contribution is -0.169. The lowest BCUT2D eigenvalue weighted by atomic mass is 9.94. The number of ether oxygens (including phenoxy) is 1. The van der Waals surface area contributed by atoms with Crippen LogP contribution in [0.3, 0.4) is 0 Å². The second kappa shape index (κ2) is 9.59. The Balaban J connectivity index is 1.39. The van der Waals surface area contributed by atoms with Gasteiger partial charge >= 0.3 is 0 Å². The zero-order chi connectivity index (χ0) is 24.7. The molecule has 12 heteroatoms. The minimum Gasteiger partial charge on any atom is -0.394 e. The topological polar surface area (TPSA) is 114 Å². The van der Waals surface area contributed by atoms with E-state index in [4.69, 9.17) is 16.3 Å². The molecule has 9 nitrogen and oxygen atoms in total. The van der Waals surface area contributed by atoms with Gasteiger partial charge in [0.1, 0.15) is 29.8 Å². The van der Waals surface area contributed by atoms with Crippen molar-refractivity contribution >= 4 is 44.7 Å². The first-order valence-electron chi connectivity index (χ1n) is 10.8. The first-order chi connectivity index (χ1) is 16.9. The van der Waals surface area contributed by atoms with Gasteiger partial charge in [-0.25, -0.2) is 14.1 Å². The third-order valence-corrected chi connectivity index (χ3v) is 7.22. The standard InChI is InChI=1S/C23H21ClFN5O4S/c1-29(13-3-5-16-21(7-13)35-11-26-16)23(33)19-8-18(22(32)20(10-31)34-19)30-9-17(27-28-30)12-2-4-14(24)15(25)6-12/h2-7,9,11,18-20,22,31-32H,8,10H2,1H3/t18-,19-,20-,22-/m1/s1. The summed E-state index contributed by atoms with van der Waals surface area (Å²) in [5.41, 5.74) is 4.09. The number of rotatable bonds is 5. The quantitative estimate of drug-likeness (QED) is 0.418. The molecule has 0 aliphatic carbocycles. The van der Waals surface area contributed by atoms with E-state index >= 15 is 0 Å². The summed E-state index contributed by atoms with van der Waals surface area (Å²) in [4.78, 5) is 19.1. The molecule has 2 aromatic carbocycles. The van der Waals surface area contributed by atoms with Crippen molar-refractivity contribution < 1.29 is 24.1 Å². The predicted molar refractivity (Wildman–Crippen MR) is 129 cm³/mol. The zero-order valence-electron chi connectivity index (χ0n) is 18.5. The van der Waals surface area contributed by atoms with Crippen LogP contribution in [0.2, 0.25) is 5.02 Å². The molecule has 4 atom stereocenters. The van der Waals surface area contributed by atoms with Crippen molar-refractivity contribution in [2.24, 2.45) is 0 Å². The van der Waals surface area contributed by atoms with Crippen LogP contribution in [0.5, 0.6) is 0 Å². The van der Waals surface area contributed by atoms with Crippen LogP contribution in [-0.4, -0.2) is 68.1 Å². The van der Waals surface area contributed by atoms with E-state index in [1.54, 1.807) is 30.9 Å². The first-order valence-corrected chi connectivity index (χ1v) is 12.0. The highest BCUT2D eigenvalue weighted by Gasteiger charge is 2.42. The van der Waals surface area contributed by atoms with E-state index in [0.717, 1.165) is 10.2 Å². The van der Waals surface area contributed by atoms with Crippen molar-refractivity contribution in [3.05, 3.63) is 58.9 Å². The van der Waals surface area contributed by atoms with E-state index in [1.807, 2.05) is 12.1 Å². The fraction of sp³-hybridized carbons (Fsp3) is 0.304. The summed E-state index contributed by atoms with van der Waals surface area (Å²) in [6, 6.07) is 9.08. The molecule has 5 rings (SSSR count). The molecule has 1 saturated heterocycles. The van der Waals surface area contributed by atoms with Gasteiger partial charge in [0.2, 0.25) is 0 Å². The fourth-order valence-corrected chi connectivity index (χ4v) is 4.98. The number of anilines is 1. The Morgan fingerprint density at radius 2 is 2.17 bits per heavy atom. The van der Waals surface area contributed by atoms with Crippen molar-refractivity contribution in [2.45, 2.75) is 30.8 Å². The number of carbonyl (C=O) groups is 1. The number of halogens is 2. The number of amides is 1. The van der Waals surface area contributed by atoms with Gasteiger partial charge in [-0.3, -0.25) is 4.79 Å². The summed E-state index contributed by atoms with van der Waals surface area (Å²) in [6.07, 6.45) is -1.43. The number of aliphatic hydroxyl groups excluding tert-OH is 2. The van der Waals surface area contributed by atoms with E-state index in [9.17, 15) is 19.4 Å². The van der Waals surface area contributed by atoms with E-state index < -0.39 is 36.8 Å². The molecular weight excluding hydrogens is 497 g/mol. The van der Waals surface area contributed by atoms with Crippen LogP contribution in [0, 0.1) is 5.82 Å². The second-order valence-electron chi connectivity index (χ2n) is 8.25. The number of fused-ring (bicyclic) bond motifs is 1. The first kappa shape index (κ1) is 23.8. The third-order valence-electron chi connectivity index (χ3n) is 6.12. The summed E-state index contributed by atoms with van der Waals surface area (Å²) in [7, 11) is 1.64. The van der Waals surface area contributed by atoms with E-state index in [2.05, 4.69) is 15.3 Å². The lowest BCUT2D eigenvalue weighted by Gasteiger charge is -2.39. The number of benzene rings is 2. The molecule has 0 radical (unpaired) electrons. The smallest absolute Gasteiger partial charge is 0.255 e. The summed E-state index contributed by atoms with van der Waals surface area (Å²) in [5, 5.41) is 28.8. The maximum Gasteiger partial charge on any atom is 0.255 e. The number of nitrogens with zero attached hydrogens (tertiary/aromatic N) is 5. The Morgan fingerprint density at radius 1 is 1.34 bits per heavy atom. The molecule has 1 aliphatic rings. The largest absolute Gasteiger partial charge is 0.394 e. The van der Waals surface area contributed by atoms with Crippen molar-refractivity contribution in [3.8, 4) is 11.3 Å². The maximum atomic E-state index is 13.9. The summed E-state index contributed by atoms with van der Waals surface area (Å²) in [6.45, 7) is -0.484. The number of hydrogen-bond donors (Lipinski definition) is 2. The highest BCUT2D eigenvalue weighted by molar-refractivity contribution is 7.16. The van der Waals surface area contributed by atoms with Crippen LogP contribution in [0.4, 0.5) is 10.1 Å². The molecule has 182 valence electrons. The predicted octanol–water partition coefficient (Wildman–Crippen LogP) is 3.06. The number of aliphatic hydroxyl groups is 2. The van der Waals surface area contributed by atoms with Crippen LogP contribution in [-0.2, 0) is 9.53 Å². The van der Waals surface area contributed by atoms with Crippen LogP contribution < -0.4 is 4.90 Å². The zero-order valence-corrected chi connectivity index (χ0v) is 20.0. The normalized spacial score (nSPS) is 22.4. The molecule has 0 saturated carbocycles. The molecule has 2 aromatic heterocycles. The van der Waals surface area contributed by atoms with Gasteiger partial charge in [0.25, 0.3) is 5.91 Å². The monoisotopic (exact) mass is 517 g/mol. The maximum absolute atomic E-state index is 13.9. The van der Waals surface area contributed by atoms with E-state index in [0.29, 0.717) is 16.9 Å². The van der Waals surface area contributed by atoms with E-state index in [1.165, 1.54) is 33.1 Å². The van der Waals surface area contributed by atoms with Crippen molar-refractivity contribution in [1.29, 1.82) is 0 Å². The molecule has 4 aromatic rings. The Morgan fingerprint density at radius 3 is 2.94 bits per heavy atom. The second-order valence-corrected chi connectivity index (χ2v) is 9.55. The molecule has 0 bridgehead atoms. The minimum absolute atomic E-state index is 0.00764. The van der Waals surface area contributed by atoms with Gasteiger partial charge in [0, 0.05) is 24.7 Å². The van der Waals surface area contributed by atoms with Gasteiger partial charge in [-0.2, -0.15) is 0 Å². The molecular formula is C23H21ClFN5O4S. The molecule has 35 heavy (non-hydrogen) atoms. The summed E-state index contributed by atoms with van der Waals surface area (Å²) < 4.78 is 22.0. The highest BCUT2D eigenvalue weighted by atomic mass is 35.5. The van der Waals surface area contributed by atoms with Gasteiger partial charge < -0.3 is 19.8 Å². The summed E-state index contributed by atoms with van der Waals surface area (Å²) in [5.74, 6) is -0.917. The van der Waals surface area contributed by atoms with Crippen LogP contribution in [0.25, 0.3) is 21.5 Å². The average molecular weight is 518 g/mol. The van der Waals surface area contributed by atoms with Gasteiger partial charge in [-0.1, -0.05) is 22.9 Å². The molecule has 3 heterocycles. The van der Waals surface area contributed by atoms with Gasteiger partial charge in [-0.15, -0.1) is 16.4 Å². The van der Waals surface area contributed by atoms with Crippen LogP contribution >= 0.6 is 22.9 Å². The molecule has 1 fully saturated rings. The number of likely N-dealkylation sites (N-methyl/N-ethyl adjacent to an activating group) is 1. The number of hydrogen-bond acceptors (Lipinski definition) is 8. The highest BCUT2D eigenvalue weighted by Crippen LogP contribution is 2.33. The Kier molecular flexibility index (Phi) is 6.51. The Bertz CT molecular complexity index is 1380. The Hall–Kier alpha value is -2.96. The van der Waals surface area contributed by atoms with Gasteiger partial charge in [0.15, 0.2) is 0 Å². The number of carbonyl (C=O) groups excluding carboxylic acids is 1. The molecule has 1 aliphatic heterocycles. The van der Waals surface area contributed by atoms with Gasteiger partial charge in [0.05, 0.1) is 39.6 Å². The lowest BCUT2D eigenvalue weighted by Crippen LogP contribution is -2.52. The summed E-state index contributed by atoms with van der Waals surface area (Å²) >= 11 is 7.23. The number of thiazole rings is 1. The molecule has 1 amide bonds. The fourth-order valence-electron chi connectivity index (χ4n) is 4.15. The van der Waals surface area contributed by atoms with Crippen LogP contribution in [0.1, 0.15) is 12.5 Å². The third kappa shape index (κ3) is 4.53. The minimum atomic E-state index is -1.14. The molecule has 2 N–H and O–H groups in total. The Labute approximate surface area is 208 Å². The van der Waals surface area contributed by atoms with Crippen molar-refractivity contribution in [2.75, 3.05) is 18.6 Å². The SMILES string of the molecule is CN(C(=O)[C@H]1C[C@@H](n2cc(-c3ccc(Cl)c(F)c3)nn2)[C@@H](O)[C@@H](CO)O1)c1ccc2ncsc2c1. The number of aromatic nitrogens is 4. The molecule has 0 unspecified atom stereocenters.